The molecule has 1 rings (SSSR count). The maximum atomic E-state index is 11.2. The predicted molar refractivity (Wildman–Crippen MR) is 50.3 cm³/mol. The molecule has 0 radical (unpaired) electrons. The van der Waals surface area contributed by atoms with E-state index in [1.54, 1.807) is 12.1 Å². The van der Waals surface area contributed by atoms with Gasteiger partial charge >= 0.3 is 0 Å². The van der Waals surface area contributed by atoms with Gasteiger partial charge in [0.2, 0.25) is 0 Å². The molecule has 0 N–H and O–H groups in total. The minimum atomic E-state index is -0.238. The molecular weight excluding hydrogens is 236 g/mol. The number of hydrogen-bond donors (Lipinski definition) is 0. The number of hydrogen-bond acceptors (Lipinski definition) is 3. The number of nitrogens with zero attached hydrogens (tertiary/aromatic N) is 4. The Morgan fingerprint density at radius 1 is 1.69 bits per heavy atom. The van der Waals surface area contributed by atoms with Crippen LogP contribution in [0.3, 0.4) is 0 Å². The van der Waals surface area contributed by atoms with Crippen LogP contribution in [0.4, 0.5) is 0 Å². The van der Waals surface area contributed by atoms with Crippen LogP contribution in [-0.4, -0.2) is 17.3 Å². The van der Waals surface area contributed by atoms with Gasteiger partial charge in [0.1, 0.15) is 4.60 Å². The quantitative estimate of drug-likeness (QED) is 0.267. The lowest BCUT2D eigenvalue weighted by molar-refractivity contribution is 0.100. The third-order valence-corrected chi connectivity index (χ3v) is 1.80. The zero-order valence-electron chi connectivity index (χ0n) is 6.51. The molecule has 0 saturated heterocycles. The third-order valence-electron chi connectivity index (χ3n) is 1.33. The van der Waals surface area contributed by atoms with E-state index in [0.717, 1.165) is 0 Å². The Morgan fingerprint density at radius 2 is 2.46 bits per heavy atom. The molecule has 66 valence electrons. The summed E-state index contributed by atoms with van der Waals surface area (Å²) >= 11 is 3.14. The van der Waals surface area contributed by atoms with Gasteiger partial charge in [-0.3, -0.25) is 4.79 Å². The van der Waals surface area contributed by atoms with Gasteiger partial charge in [0, 0.05) is 16.7 Å². The van der Waals surface area contributed by atoms with Crippen molar-refractivity contribution in [3.8, 4) is 0 Å². The summed E-state index contributed by atoms with van der Waals surface area (Å²) in [6.45, 7) is -0.167. The van der Waals surface area contributed by atoms with Crippen molar-refractivity contribution in [2.24, 2.45) is 5.11 Å². The average molecular weight is 241 g/mol. The molecule has 0 aliphatic carbocycles. The zero-order chi connectivity index (χ0) is 9.68. The van der Waals surface area contributed by atoms with E-state index in [1.165, 1.54) is 6.20 Å². The fraction of sp³-hybridized carbons (Fsp3) is 0.143. The molecule has 1 aromatic heterocycles. The van der Waals surface area contributed by atoms with Gasteiger partial charge in [-0.25, -0.2) is 4.98 Å². The van der Waals surface area contributed by atoms with Crippen LogP contribution in [0.25, 0.3) is 10.4 Å². The molecule has 0 saturated carbocycles. The first-order valence-electron chi connectivity index (χ1n) is 3.39. The maximum absolute atomic E-state index is 11.2. The fourth-order valence-electron chi connectivity index (χ4n) is 0.728. The molecule has 5 nitrogen and oxygen atoms in total. The second-order valence-corrected chi connectivity index (χ2v) is 2.99. The van der Waals surface area contributed by atoms with E-state index in [0.29, 0.717) is 10.2 Å². The number of carbonyl (C=O) groups is 1. The van der Waals surface area contributed by atoms with E-state index < -0.39 is 0 Å². The van der Waals surface area contributed by atoms with E-state index >= 15 is 0 Å². The second-order valence-electron chi connectivity index (χ2n) is 2.18. The van der Waals surface area contributed by atoms with Crippen LogP contribution in [0.2, 0.25) is 0 Å². The standard InChI is InChI=1S/C7H5BrN4O/c8-7-2-1-5(3-10-7)6(13)4-11-12-9/h1-3H,4H2. The summed E-state index contributed by atoms with van der Waals surface area (Å²) in [6.07, 6.45) is 1.43. The van der Waals surface area contributed by atoms with Crippen molar-refractivity contribution < 1.29 is 4.79 Å². The molecule has 6 heteroatoms. The third kappa shape index (κ3) is 2.85. The van der Waals surface area contributed by atoms with E-state index in [4.69, 9.17) is 5.53 Å². The SMILES string of the molecule is [N-]=[N+]=NCC(=O)c1ccc(Br)nc1. The van der Waals surface area contributed by atoms with Crippen molar-refractivity contribution >= 4 is 21.7 Å². The van der Waals surface area contributed by atoms with Gasteiger partial charge in [0.25, 0.3) is 0 Å². The summed E-state index contributed by atoms with van der Waals surface area (Å²) in [5.74, 6) is -0.238. The number of halogens is 1. The minimum Gasteiger partial charge on any atom is -0.294 e. The Morgan fingerprint density at radius 3 is 3.00 bits per heavy atom. The van der Waals surface area contributed by atoms with Crippen molar-refractivity contribution in [2.45, 2.75) is 0 Å². The lowest BCUT2D eigenvalue weighted by atomic mass is 10.2. The smallest absolute Gasteiger partial charge is 0.170 e. The molecule has 0 unspecified atom stereocenters. The summed E-state index contributed by atoms with van der Waals surface area (Å²) in [7, 11) is 0. The summed E-state index contributed by atoms with van der Waals surface area (Å²) in [6, 6.07) is 3.27. The first-order chi connectivity index (χ1) is 6.24. The van der Waals surface area contributed by atoms with Crippen LogP contribution in [0.1, 0.15) is 10.4 Å². The zero-order valence-corrected chi connectivity index (χ0v) is 8.10. The highest BCUT2D eigenvalue weighted by molar-refractivity contribution is 9.10. The fourth-order valence-corrected chi connectivity index (χ4v) is 0.962. The van der Waals surface area contributed by atoms with E-state index in [-0.39, 0.29) is 12.3 Å². The van der Waals surface area contributed by atoms with Crippen LogP contribution in [0.15, 0.2) is 28.0 Å². The van der Waals surface area contributed by atoms with Gasteiger partial charge in [-0.1, -0.05) is 5.11 Å². The number of pyridine rings is 1. The molecule has 1 heterocycles. The molecule has 0 aromatic carbocycles. The molecule has 0 bridgehead atoms. The molecule has 0 aliphatic rings. The first kappa shape index (κ1) is 9.70. The summed E-state index contributed by atoms with van der Waals surface area (Å²) in [4.78, 5) is 17.6. The average Bonchev–Trinajstić information content (AvgIpc) is 2.15. The van der Waals surface area contributed by atoms with Gasteiger partial charge in [-0.15, -0.1) is 0 Å². The Bertz CT molecular complexity index is 355. The van der Waals surface area contributed by atoms with Gasteiger partial charge < -0.3 is 0 Å². The molecule has 0 fully saturated rings. The number of rotatable bonds is 3. The molecule has 13 heavy (non-hydrogen) atoms. The molecular formula is C7H5BrN4O. The van der Waals surface area contributed by atoms with Crippen molar-refractivity contribution in [1.82, 2.24) is 4.98 Å². The van der Waals surface area contributed by atoms with Crippen molar-refractivity contribution in [3.05, 3.63) is 38.9 Å². The molecule has 1 aromatic rings. The van der Waals surface area contributed by atoms with E-state index in [9.17, 15) is 4.79 Å². The van der Waals surface area contributed by atoms with Crippen molar-refractivity contribution in [2.75, 3.05) is 6.54 Å². The summed E-state index contributed by atoms with van der Waals surface area (Å²) < 4.78 is 0.660. The Kier molecular flexibility index (Phi) is 3.42. The second kappa shape index (κ2) is 4.59. The van der Waals surface area contributed by atoms with Gasteiger partial charge in [0.15, 0.2) is 5.78 Å². The van der Waals surface area contributed by atoms with Gasteiger partial charge in [0.05, 0.1) is 6.54 Å². The lowest BCUT2D eigenvalue weighted by Gasteiger charge is -1.95. The van der Waals surface area contributed by atoms with Gasteiger partial charge in [-0.05, 0) is 33.6 Å². The first-order valence-corrected chi connectivity index (χ1v) is 4.19. The van der Waals surface area contributed by atoms with Crippen LogP contribution in [-0.2, 0) is 0 Å². The lowest BCUT2D eigenvalue weighted by Crippen LogP contribution is -2.02. The highest BCUT2D eigenvalue weighted by atomic mass is 79.9. The van der Waals surface area contributed by atoms with E-state index in [2.05, 4.69) is 30.9 Å². The number of aromatic nitrogens is 1. The number of azide groups is 1. The van der Waals surface area contributed by atoms with Crippen LogP contribution < -0.4 is 0 Å². The molecule has 0 spiro atoms. The molecule has 0 atom stereocenters. The number of Topliss-reactive ketones (excluding diaryl/α,β-unsaturated/α-hetero) is 1. The summed E-state index contributed by atoms with van der Waals surface area (Å²) in [5.41, 5.74) is 8.43. The van der Waals surface area contributed by atoms with Crippen molar-refractivity contribution in [3.63, 3.8) is 0 Å². The highest BCUT2D eigenvalue weighted by Crippen LogP contribution is 2.06. The van der Waals surface area contributed by atoms with Crippen LogP contribution in [0.5, 0.6) is 0 Å². The Labute approximate surface area is 82.5 Å². The number of carbonyl (C=O) groups excluding carboxylic acids is 1. The monoisotopic (exact) mass is 240 g/mol. The van der Waals surface area contributed by atoms with E-state index in [1.807, 2.05) is 0 Å². The molecule has 0 aliphatic heterocycles. The molecule has 0 amide bonds. The van der Waals surface area contributed by atoms with Crippen LogP contribution in [0, 0.1) is 0 Å². The van der Waals surface area contributed by atoms with Crippen molar-refractivity contribution in [1.29, 1.82) is 0 Å². The highest BCUT2D eigenvalue weighted by Gasteiger charge is 2.03. The van der Waals surface area contributed by atoms with Gasteiger partial charge in [-0.2, -0.15) is 0 Å². The largest absolute Gasteiger partial charge is 0.294 e. The Hall–Kier alpha value is -1.39. The maximum Gasteiger partial charge on any atom is 0.170 e. The number of ketones is 1. The predicted octanol–water partition coefficient (Wildman–Crippen LogP) is 2.34. The topological polar surface area (TPSA) is 78.7 Å². The Balaban J connectivity index is 2.77. The normalized spacial score (nSPS) is 9.00. The van der Waals surface area contributed by atoms with Crippen LogP contribution >= 0.6 is 15.9 Å². The minimum absolute atomic E-state index is 0.167. The summed E-state index contributed by atoms with van der Waals surface area (Å²) in [5, 5.41) is 3.16.